The van der Waals surface area contributed by atoms with Crippen LogP contribution in [0.25, 0.3) is 5.53 Å². The summed E-state index contributed by atoms with van der Waals surface area (Å²) in [6.07, 6.45) is 0. The van der Waals surface area contributed by atoms with Crippen LogP contribution in [0.1, 0.15) is 6.92 Å². The Labute approximate surface area is 64.9 Å². The zero-order chi connectivity index (χ0) is 8.10. The molecule has 11 heavy (non-hydrogen) atoms. The van der Waals surface area contributed by atoms with Crippen molar-refractivity contribution in [1.82, 2.24) is 0 Å². The fraction of sp³-hybridized carbons (Fsp3) is 0.125. The molecule has 0 aliphatic rings. The van der Waals surface area contributed by atoms with Crippen LogP contribution in [0.4, 0.5) is 0 Å². The van der Waals surface area contributed by atoms with Gasteiger partial charge in [0.2, 0.25) is 0 Å². The third-order valence-electron chi connectivity index (χ3n) is 1.15. The lowest BCUT2D eigenvalue weighted by molar-refractivity contribution is -0.0274. The molecule has 0 bridgehead atoms. The number of benzene rings is 1. The minimum atomic E-state index is 0.233. The molecule has 0 saturated carbocycles. The number of ether oxygens (including phenoxy) is 1. The minimum absolute atomic E-state index is 0.233. The van der Waals surface area contributed by atoms with E-state index in [0.717, 1.165) is 0 Å². The van der Waals surface area contributed by atoms with Crippen molar-refractivity contribution < 1.29 is 9.53 Å². The Bertz CT molecular complexity index is 275. The molecule has 0 heterocycles. The maximum atomic E-state index is 8.26. The quantitative estimate of drug-likeness (QED) is 0.259. The first-order valence-corrected chi connectivity index (χ1v) is 3.24. The van der Waals surface area contributed by atoms with Crippen molar-refractivity contribution in [2.45, 2.75) is 6.92 Å². The number of nitrogens with zero attached hydrogens (tertiary/aromatic N) is 2. The fourth-order valence-corrected chi connectivity index (χ4v) is 0.680. The summed E-state index contributed by atoms with van der Waals surface area (Å²) in [7, 11) is 0. The monoisotopic (exact) mass is 148 g/mol. The van der Waals surface area contributed by atoms with Crippen LogP contribution in [-0.2, 0) is 0 Å². The van der Waals surface area contributed by atoms with Crippen LogP contribution in [0.15, 0.2) is 30.3 Å². The summed E-state index contributed by atoms with van der Waals surface area (Å²) < 4.78 is 5.06. The van der Waals surface area contributed by atoms with Gasteiger partial charge in [-0.2, -0.15) is 0 Å². The number of hydrogen-bond acceptors (Lipinski definition) is 1. The van der Waals surface area contributed by atoms with Crippen molar-refractivity contribution in [3.63, 3.8) is 0 Å². The van der Waals surface area contributed by atoms with E-state index in [2.05, 4.69) is 4.79 Å². The van der Waals surface area contributed by atoms with Gasteiger partial charge in [-0.15, -0.1) is 4.79 Å². The Morgan fingerprint density at radius 2 is 2.00 bits per heavy atom. The van der Waals surface area contributed by atoms with Crippen LogP contribution in [-0.4, -0.2) is 10.7 Å². The van der Waals surface area contributed by atoms with Crippen LogP contribution >= 0.6 is 0 Å². The fourth-order valence-electron chi connectivity index (χ4n) is 0.680. The van der Waals surface area contributed by atoms with Crippen molar-refractivity contribution in [1.29, 1.82) is 0 Å². The molecule has 0 aliphatic carbocycles. The van der Waals surface area contributed by atoms with E-state index in [4.69, 9.17) is 10.3 Å². The Balaban J connectivity index is 2.73. The number of para-hydroxylation sites is 1. The topological polar surface area (TPSA) is 45.6 Å². The lowest BCUT2D eigenvalue weighted by Crippen LogP contribution is -2.03. The number of hydrogen-bond donors (Lipinski definition) is 0. The van der Waals surface area contributed by atoms with Gasteiger partial charge in [-0.25, -0.2) is 0 Å². The first kappa shape index (κ1) is 7.51. The molecular weight excluding hydrogens is 140 g/mol. The summed E-state index contributed by atoms with van der Waals surface area (Å²) in [5.74, 6) is 0.902. The molecule has 0 aromatic heterocycles. The molecule has 0 fully saturated rings. The summed E-state index contributed by atoms with van der Waals surface area (Å²) >= 11 is 0. The largest absolute Gasteiger partial charge is 0.451 e. The van der Waals surface area contributed by atoms with Crippen molar-refractivity contribution in [3.8, 4) is 5.75 Å². The molecule has 1 rings (SSSR count). The Hall–Kier alpha value is -1.60. The van der Waals surface area contributed by atoms with Gasteiger partial charge < -0.3 is 10.3 Å². The highest BCUT2D eigenvalue weighted by molar-refractivity contribution is 5.69. The first-order chi connectivity index (χ1) is 5.33. The van der Waals surface area contributed by atoms with Gasteiger partial charge in [0.15, 0.2) is 0 Å². The van der Waals surface area contributed by atoms with E-state index in [9.17, 15) is 0 Å². The van der Waals surface area contributed by atoms with Gasteiger partial charge in [0.25, 0.3) is 0 Å². The Morgan fingerprint density at radius 3 is 2.55 bits per heavy atom. The van der Waals surface area contributed by atoms with Crippen molar-refractivity contribution >= 4 is 5.90 Å². The molecule has 1 aromatic rings. The maximum absolute atomic E-state index is 8.26. The zero-order valence-corrected chi connectivity index (χ0v) is 6.19. The maximum Gasteiger partial charge on any atom is 0.451 e. The van der Waals surface area contributed by atoms with E-state index in [0.29, 0.717) is 5.75 Å². The highest BCUT2D eigenvalue weighted by atomic mass is 16.5. The molecule has 0 atom stereocenters. The second-order valence-electron chi connectivity index (χ2n) is 2.03. The van der Waals surface area contributed by atoms with Crippen LogP contribution in [0.3, 0.4) is 0 Å². The van der Waals surface area contributed by atoms with E-state index >= 15 is 0 Å². The van der Waals surface area contributed by atoms with E-state index in [1.165, 1.54) is 0 Å². The molecule has 0 unspecified atom stereocenters. The molecule has 56 valence electrons. The van der Waals surface area contributed by atoms with Crippen LogP contribution in [0, 0.1) is 0 Å². The molecule has 3 heteroatoms. The van der Waals surface area contributed by atoms with E-state index in [1.54, 1.807) is 19.1 Å². The minimum Gasteiger partial charge on any atom is -0.397 e. The standard InChI is InChI=1S/C8H8N2O/c1-7(10-9)11-8-5-3-2-4-6-8/h2-6H,1H3. The molecule has 3 nitrogen and oxygen atoms in total. The third kappa shape index (κ3) is 2.24. The van der Waals surface area contributed by atoms with Crippen LogP contribution in [0.2, 0.25) is 0 Å². The molecule has 0 radical (unpaired) electrons. The Kier molecular flexibility index (Phi) is 2.42. The average molecular weight is 148 g/mol. The van der Waals surface area contributed by atoms with Gasteiger partial charge in [0.1, 0.15) is 5.75 Å². The van der Waals surface area contributed by atoms with Crippen LogP contribution < -0.4 is 4.74 Å². The summed E-state index contributed by atoms with van der Waals surface area (Å²) in [6.45, 7) is 1.58. The summed E-state index contributed by atoms with van der Waals surface area (Å²) in [5.41, 5.74) is 8.26. The van der Waals surface area contributed by atoms with Gasteiger partial charge in [-0.1, -0.05) is 18.2 Å². The van der Waals surface area contributed by atoms with Gasteiger partial charge in [0, 0.05) is 0 Å². The van der Waals surface area contributed by atoms with Crippen molar-refractivity contribution in [3.05, 3.63) is 35.9 Å². The summed E-state index contributed by atoms with van der Waals surface area (Å²) in [6, 6.07) is 9.15. The van der Waals surface area contributed by atoms with Gasteiger partial charge in [0.05, 0.1) is 6.92 Å². The lowest BCUT2D eigenvalue weighted by atomic mass is 10.3. The summed E-state index contributed by atoms with van der Waals surface area (Å²) in [5, 5.41) is 0. The highest BCUT2D eigenvalue weighted by Gasteiger charge is 1.99. The Morgan fingerprint density at radius 1 is 1.36 bits per heavy atom. The van der Waals surface area contributed by atoms with Crippen molar-refractivity contribution in [2.75, 3.05) is 0 Å². The van der Waals surface area contributed by atoms with E-state index < -0.39 is 0 Å². The van der Waals surface area contributed by atoms with E-state index in [-0.39, 0.29) is 5.90 Å². The zero-order valence-electron chi connectivity index (χ0n) is 6.19. The SMILES string of the molecule is CC(=[N+]=[N-])Oc1ccccc1. The molecule has 0 N–H and O–H groups in total. The second-order valence-corrected chi connectivity index (χ2v) is 2.03. The third-order valence-corrected chi connectivity index (χ3v) is 1.15. The average Bonchev–Trinajstić information content (AvgIpc) is 2.06. The summed E-state index contributed by atoms with van der Waals surface area (Å²) in [4.78, 5) is 2.88. The molecule has 1 aromatic carbocycles. The first-order valence-electron chi connectivity index (χ1n) is 3.24. The van der Waals surface area contributed by atoms with Gasteiger partial charge in [-0.3, -0.25) is 0 Å². The molecular formula is C8H8N2O. The normalized spacial score (nSPS) is 8.45. The van der Waals surface area contributed by atoms with Crippen molar-refractivity contribution in [2.24, 2.45) is 0 Å². The van der Waals surface area contributed by atoms with Crippen LogP contribution in [0.5, 0.6) is 5.75 Å². The number of rotatable bonds is 1. The van der Waals surface area contributed by atoms with E-state index in [1.807, 2.05) is 18.2 Å². The highest BCUT2D eigenvalue weighted by Crippen LogP contribution is 2.07. The predicted molar refractivity (Wildman–Crippen MR) is 41.4 cm³/mol. The predicted octanol–water partition coefficient (Wildman–Crippen LogP) is 1.71. The van der Waals surface area contributed by atoms with Gasteiger partial charge >= 0.3 is 5.90 Å². The molecule has 0 amide bonds. The second kappa shape index (κ2) is 3.54. The molecule has 0 saturated heterocycles. The molecule has 0 aliphatic heterocycles. The lowest BCUT2D eigenvalue weighted by Gasteiger charge is -1.94. The molecule has 0 spiro atoms. The smallest absolute Gasteiger partial charge is 0.397 e. The van der Waals surface area contributed by atoms with Gasteiger partial charge in [-0.05, 0) is 12.1 Å².